The summed E-state index contributed by atoms with van der Waals surface area (Å²) in [5.41, 5.74) is 1.80. The van der Waals surface area contributed by atoms with Crippen molar-refractivity contribution in [2.75, 3.05) is 13.2 Å². The molecule has 2 heterocycles. The van der Waals surface area contributed by atoms with Crippen LogP contribution < -0.4 is 5.76 Å². The summed E-state index contributed by atoms with van der Waals surface area (Å²) in [7, 11) is 0. The van der Waals surface area contributed by atoms with Gasteiger partial charge < -0.3 is 9.15 Å². The Hall–Kier alpha value is -2.06. The van der Waals surface area contributed by atoms with Crippen LogP contribution in [0.15, 0.2) is 27.4 Å². The van der Waals surface area contributed by atoms with Crippen molar-refractivity contribution < 1.29 is 9.15 Å². The van der Waals surface area contributed by atoms with E-state index < -0.39 is 11.2 Å². The maximum Gasteiger partial charge on any atom is 0.417 e. The van der Waals surface area contributed by atoms with Crippen LogP contribution in [0.5, 0.6) is 0 Å². The number of aromatic amines is 1. The number of nitrogens with one attached hydrogen (secondary N) is 1. The first-order chi connectivity index (χ1) is 8.21. The lowest BCUT2D eigenvalue weighted by Crippen LogP contribution is -2.43. The molecule has 0 aliphatic carbocycles. The molecule has 5 heteroatoms. The van der Waals surface area contributed by atoms with E-state index in [9.17, 15) is 4.79 Å². The molecule has 1 N–H and O–H groups in total. The van der Waals surface area contributed by atoms with Crippen molar-refractivity contribution in [3.05, 3.63) is 34.3 Å². The molecule has 0 radical (unpaired) electrons. The van der Waals surface area contributed by atoms with Gasteiger partial charge >= 0.3 is 5.76 Å². The first kappa shape index (κ1) is 10.1. The molecular formula is C12H10N2O3. The van der Waals surface area contributed by atoms with Crippen molar-refractivity contribution in [3.63, 3.8) is 0 Å². The van der Waals surface area contributed by atoms with Crippen molar-refractivity contribution >= 4 is 11.1 Å². The van der Waals surface area contributed by atoms with Gasteiger partial charge in [-0.15, -0.1) is 0 Å². The summed E-state index contributed by atoms with van der Waals surface area (Å²) in [6, 6.07) is 7.76. The molecule has 0 spiro atoms. The normalized spacial score (nSPS) is 17.6. The van der Waals surface area contributed by atoms with Crippen LogP contribution in [-0.2, 0) is 11.2 Å². The predicted molar refractivity (Wildman–Crippen MR) is 59.4 cm³/mol. The van der Waals surface area contributed by atoms with Gasteiger partial charge in [0.15, 0.2) is 5.58 Å². The van der Waals surface area contributed by atoms with Gasteiger partial charge in [-0.2, -0.15) is 5.26 Å². The summed E-state index contributed by atoms with van der Waals surface area (Å²) in [6.45, 7) is 0.951. The van der Waals surface area contributed by atoms with Crippen LogP contribution in [0.25, 0.3) is 11.1 Å². The van der Waals surface area contributed by atoms with Gasteiger partial charge in [0.25, 0.3) is 0 Å². The van der Waals surface area contributed by atoms with Gasteiger partial charge in [0.05, 0.1) is 24.8 Å². The van der Waals surface area contributed by atoms with Crippen molar-refractivity contribution in [2.24, 2.45) is 5.41 Å². The number of fused-ring (bicyclic) bond motifs is 1. The SMILES string of the molecule is N#CC1(Cc2ccc3oc(=O)[nH]c3c2)COC1. The fourth-order valence-corrected chi connectivity index (χ4v) is 2.05. The maximum absolute atomic E-state index is 11.0. The van der Waals surface area contributed by atoms with Crippen LogP contribution >= 0.6 is 0 Å². The monoisotopic (exact) mass is 230 g/mol. The minimum absolute atomic E-state index is 0.405. The zero-order chi connectivity index (χ0) is 11.9. The van der Waals surface area contributed by atoms with E-state index in [2.05, 4.69) is 11.1 Å². The minimum Gasteiger partial charge on any atom is -0.408 e. The minimum atomic E-state index is -0.459. The quantitative estimate of drug-likeness (QED) is 0.840. The highest BCUT2D eigenvalue weighted by Crippen LogP contribution is 2.31. The van der Waals surface area contributed by atoms with Gasteiger partial charge in [-0.1, -0.05) is 6.07 Å². The topological polar surface area (TPSA) is 79.0 Å². The number of nitriles is 1. The smallest absolute Gasteiger partial charge is 0.408 e. The van der Waals surface area contributed by atoms with E-state index >= 15 is 0 Å². The van der Waals surface area contributed by atoms with Crippen LogP contribution in [0.4, 0.5) is 0 Å². The fraction of sp³-hybridized carbons (Fsp3) is 0.333. The highest BCUT2D eigenvalue weighted by Gasteiger charge is 2.38. The summed E-state index contributed by atoms with van der Waals surface area (Å²) in [5, 5.41) is 9.11. The van der Waals surface area contributed by atoms with Crippen molar-refractivity contribution in [1.82, 2.24) is 4.98 Å². The van der Waals surface area contributed by atoms with Gasteiger partial charge in [-0.3, -0.25) is 4.98 Å². The van der Waals surface area contributed by atoms with E-state index in [1.165, 1.54) is 0 Å². The number of hydrogen-bond donors (Lipinski definition) is 1. The second-order valence-corrected chi connectivity index (χ2v) is 4.41. The summed E-state index contributed by atoms with van der Waals surface area (Å²) >= 11 is 0. The molecule has 0 saturated carbocycles. The third-order valence-corrected chi connectivity index (χ3v) is 3.02. The summed E-state index contributed by atoms with van der Waals surface area (Å²) < 4.78 is 10.0. The Bertz CT molecular complexity index is 658. The third kappa shape index (κ3) is 1.63. The standard InChI is InChI=1S/C12H10N2O3/c13-5-12(6-16-7-12)4-8-1-2-10-9(3-8)14-11(15)17-10/h1-3H,4,6-7H2,(H,14,15). The number of oxazole rings is 1. The lowest BCUT2D eigenvalue weighted by Gasteiger charge is -2.35. The van der Waals surface area contributed by atoms with Gasteiger partial charge in [-0.25, -0.2) is 4.79 Å². The van der Waals surface area contributed by atoms with Crippen molar-refractivity contribution in [3.8, 4) is 6.07 Å². The molecular weight excluding hydrogens is 220 g/mol. The Kier molecular flexibility index (Phi) is 2.06. The molecule has 0 unspecified atom stereocenters. The molecule has 1 fully saturated rings. The molecule has 1 aromatic heterocycles. The number of aromatic nitrogens is 1. The highest BCUT2D eigenvalue weighted by atomic mass is 16.5. The lowest BCUT2D eigenvalue weighted by atomic mass is 9.81. The molecule has 1 saturated heterocycles. The third-order valence-electron chi connectivity index (χ3n) is 3.02. The molecule has 2 aromatic rings. The Morgan fingerprint density at radius 2 is 2.29 bits per heavy atom. The predicted octanol–water partition coefficient (Wildman–Crippen LogP) is 1.20. The largest absolute Gasteiger partial charge is 0.417 e. The van der Waals surface area contributed by atoms with E-state index in [1.807, 2.05) is 12.1 Å². The Balaban J connectivity index is 1.96. The molecule has 0 amide bonds. The number of hydrogen-bond acceptors (Lipinski definition) is 4. The summed E-state index contributed by atoms with van der Waals surface area (Å²) in [4.78, 5) is 13.6. The number of rotatable bonds is 2. The summed E-state index contributed by atoms with van der Waals surface area (Å²) in [5.74, 6) is -0.459. The maximum atomic E-state index is 11.0. The van der Waals surface area contributed by atoms with Crippen molar-refractivity contribution in [2.45, 2.75) is 6.42 Å². The highest BCUT2D eigenvalue weighted by molar-refractivity contribution is 5.72. The average molecular weight is 230 g/mol. The van der Waals surface area contributed by atoms with Gasteiger partial charge in [0.2, 0.25) is 0 Å². The molecule has 17 heavy (non-hydrogen) atoms. The fourth-order valence-electron chi connectivity index (χ4n) is 2.05. The van der Waals surface area contributed by atoms with E-state index in [1.54, 1.807) is 6.07 Å². The molecule has 5 nitrogen and oxygen atoms in total. The van der Waals surface area contributed by atoms with E-state index in [4.69, 9.17) is 14.4 Å². The summed E-state index contributed by atoms with van der Waals surface area (Å²) in [6.07, 6.45) is 0.632. The van der Waals surface area contributed by atoms with Crippen LogP contribution in [0, 0.1) is 16.7 Å². The lowest BCUT2D eigenvalue weighted by molar-refractivity contribution is -0.0765. The number of benzene rings is 1. The van der Waals surface area contributed by atoms with Gasteiger partial charge in [0, 0.05) is 0 Å². The van der Waals surface area contributed by atoms with E-state index in [0.717, 1.165) is 5.56 Å². The Morgan fingerprint density at radius 1 is 1.47 bits per heavy atom. The van der Waals surface area contributed by atoms with Crippen LogP contribution in [0.3, 0.4) is 0 Å². The van der Waals surface area contributed by atoms with Crippen LogP contribution in [0.1, 0.15) is 5.56 Å². The second-order valence-electron chi connectivity index (χ2n) is 4.41. The zero-order valence-electron chi connectivity index (χ0n) is 9.03. The molecule has 1 aromatic carbocycles. The van der Waals surface area contributed by atoms with Gasteiger partial charge in [0.1, 0.15) is 5.41 Å². The molecule has 1 aliphatic heterocycles. The molecule has 86 valence electrons. The molecule has 1 aliphatic rings. The second kappa shape index (κ2) is 3.47. The number of ether oxygens (including phenoxy) is 1. The van der Waals surface area contributed by atoms with Gasteiger partial charge in [-0.05, 0) is 24.1 Å². The Morgan fingerprint density at radius 3 is 2.94 bits per heavy atom. The molecule has 0 bridgehead atoms. The zero-order valence-corrected chi connectivity index (χ0v) is 9.03. The first-order valence-corrected chi connectivity index (χ1v) is 5.32. The number of nitrogens with zero attached hydrogens (tertiary/aromatic N) is 1. The van der Waals surface area contributed by atoms with E-state index in [-0.39, 0.29) is 0 Å². The first-order valence-electron chi connectivity index (χ1n) is 5.32. The van der Waals surface area contributed by atoms with Crippen LogP contribution in [-0.4, -0.2) is 18.2 Å². The Labute approximate surface area is 96.6 Å². The number of H-pyrrole nitrogens is 1. The van der Waals surface area contributed by atoms with Crippen molar-refractivity contribution in [1.29, 1.82) is 5.26 Å². The average Bonchev–Trinajstić information content (AvgIpc) is 2.63. The van der Waals surface area contributed by atoms with Crippen LogP contribution in [0.2, 0.25) is 0 Å². The molecule has 0 atom stereocenters. The van der Waals surface area contributed by atoms with E-state index in [0.29, 0.717) is 30.7 Å². The molecule has 3 rings (SSSR count).